The minimum absolute atomic E-state index is 0.0563. The van der Waals surface area contributed by atoms with Gasteiger partial charge >= 0.3 is 10.1 Å². The summed E-state index contributed by atoms with van der Waals surface area (Å²) in [5.74, 6) is 0.800. The lowest BCUT2D eigenvalue weighted by Crippen LogP contribution is -2.13. The van der Waals surface area contributed by atoms with E-state index in [0.717, 1.165) is 12.0 Å². The molecule has 0 atom stereocenters. The Labute approximate surface area is 102 Å². The lowest BCUT2D eigenvalue weighted by atomic mass is 10.2. The predicted octanol–water partition coefficient (Wildman–Crippen LogP) is 2.93. The van der Waals surface area contributed by atoms with Crippen molar-refractivity contribution in [1.82, 2.24) is 0 Å². The van der Waals surface area contributed by atoms with Crippen molar-refractivity contribution < 1.29 is 12.6 Å². The van der Waals surface area contributed by atoms with Crippen molar-refractivity contribution in [2.24, 2.45) is 0 Å². The van der Waals surface area contributed by atoms with Crippen molar-refractivity contribution in [3.05, 3.63) is 29.8 Å². The topological polar surface area (TPSA) is 43.4 Å². The molecule has 5 heteroatoms. The number of benzene rings is 1. The molecule has 0 spiro atoms. The number of alkyl halides is 1. The van der Waals surface area contributed by atoms with Crippen LogP contribution in [0.2, 0.25) is 0 Å². The molecule has 0 amide bonds. The molecule has 0 bridgehead atoms. The van der Waals surface area contributed by atoms with Crippen molar-refractivity contribution in [3.63, 3.8) is 0 Å². The molecule has 0 heterocycles. The van der Waals surface area contributed by atoms with E-state index in [0.29, 0.717) is 18.1 Å². The highest BCUT2D eigenvalue weighted by Gasteiger charge is 2.11. The first-order valence-corrected chi connectivity index (χ1v) is 7.25. The van der Waals surface area contributed by atoms with Gasteiger partial charge in [-0.2, -0.15) is 8.42 Å². The van der Waals surface area contributed by atoms with E-state index in [-0.39, 0.29) is 5.75 Å². The molecule has 0 fully saturated rings. The standard InChI is InChI=1S/C11H15ClO3S/c1-2-3-8-16(13,14)15-11-6-4-10(9-12)5-7-11/h4-7H,2-3,8-9H2,1H3. The Balaban J connectivity index is 2.65. The van der Waals surface area contributed by atoms with Crippen LogP contribution < -0.4 is 4.18 Å². The minimum atomic E-state index is -3.45. The zero-order valence-electron chi connectivity index (χ0n) is 9.15. The van der Waals surface area contributed by atoms with Crippen LogP contribution in [0.5, 0.6) is 5.75 Å². The Morgan fingerprint density at radius 3 is 2.38 bits per heavy atom. The van der Waals surface area contributed by atoms with Gasteiger partial charge in [0, 0.05) is 5.88 Å². The number of unbranched alkanes of at least 4 members (excludes halogenated alkanes) is 1. The predicted molar refractivity (Wildman–Crippen MR) is 65.3 cm³/mol. The van der Waals surface area contributed by atoms with Crippen molar-refractivity contribution >= 4 is 21.7 Å². The van der Waals surface area contributed by atoms with Gasteiger partial charge in [-0.3, -0.25) is 0 Å². The van der Waals surface area contributed by atoms with Gasteiger partial charge in [0.25, 0.3) is 0 Å². The van der Waals surface area contributed by atoms with E-state index in [1.165, 1.54) is 0 Å². The highest BCUT2D eigenvalue weighted by Crippen LogP contribution is 2.16. The van der Waals surface area contributed by atoms with E-state index in [1.807, 2.05) is 6.92 Å². The summed E-state index contributed by atoms with van der Waals surface area (Å²) < 4.78 is 27.9. The fraction of sp³-hybridized carbons (Fsp3) is 0.455. The van der Waals surface area contributed by atoms with Gasteiger partial charge in [0.2, 0.25) is 0 Å². The summed E-state index contributed by atoms with van der Waals surface area (Å²) in [5, 5.41) is 0. The molecular formula is C11H15ClO3S. The van der Waals surface area contributed by atoms with Gasteiger partial charge in [0.05, 0.1) is 5.75 Å². The fourth-order valence-corrected chi connectivity index (χ4v) is 2.45. The molecule has 3 nitrogen and oxygen atoms in total. The van der Waals surface area contributed by atoms with E-state index in [2.05, 4.69) is 0 Å². The van der Waals surface area contributed by atoms with E-state index in [4.69, 9.17) is 15.8 Å². The van der Waals surface area contributed by atoms with Crippen LogP contribution in [0.4, 0.5) is 0 Å². The first kappa shape index (κ1) is 13.3. The molecule has 0 radical (unpaired) electrons. The summed E-state index contributed by atoms with van der Waals surface area (Å²) >= 11 is 5.62. The second-order valence-corrected chi connectivity index (χ2v) is 5.43. The average Bonchev–Trinajstić information content (AvgIpc) is 2.27. The summed E-state index contributed by atoms with van der Waals surface area (Å²) in [5.41, 5.74) is 0.931. The maximum atomic E-state index is 11.5. The Kier molecular flexibility index (Phi) is 5.09. The zero-order chi connectivity index (χ0) is 12.0. The van der Waals surface area contributed by atoms with Crippen LogP contribution in [-0.4, -0.2) is 14.2 Å². The van der Waals surface area contributed by atoms with Gasteiger partial charge in [-0.15, -0.1) is 11.6 Å². The highest BCUT2D eigenvalue weighted by molar-refractivity contribution is 7.87. The molecule has 0 aliphatic carbocycles. The van der Waals surface area contributed by atoms with Crippen LogP contribution >= 0.6 is 11.6 Å². The molecule has 0 unspecified atom stereocenters. The van der Waals surface area contributed by atoms with Crippen LogP contribution in [0.3, 0.4) is 0 Å². The largest absolute Gasteiger partial charge is 0.382 e. The molecule has 0 saturated carbocycles. The van der Waals surface area contributed by atoms with Crippen molar-refractivity contribution in [3.8, 4) is 5.75 Å². The second-order valence-electron chi connectivity index (χ2n) is 3.48. The van der Waals surface area contributed by atoms with Crippen LogP contribution in [0.15, 0.2) is 24.3 Å². The third-order valence-electron chi connectivity index (χ3n) is 2.05. The van der Waals surface area contributed by atoms with Gasteiger partial charge in [-0.05, 0) is 24.1 Å². The molecule has 1 aromatic rings. The van der Waals surface area contributed by atoms with Crippen LogP contribution in [0.25, 0.3) is 0 Å². The fourth-order valence-electron chi connectivity index (χ4n) is 1.14. The van der Waals surface area contributed by atoms with Gasteiger partial charge in [0.15, 0.2) is 0 Å². The first-order chi connectivity index (χ1) is 7.57. The third kappa shape index (κ3) is 4.41. The Morgan fingerprint density at radius 1 is 1.25 bits per heavy atom. The second kappa shape index (κ2) is 6.11. The van der Waals surface area contributed by atoms with E-state index < -0.39 is 10.1 Å². The first-order valence-electron chi connectivity index (χ1n) is 5.14. The third-order valence-corrected chi connectivity index (χ3v) is 3.59. The SMILES string of the molecule is CCCCS(=O)(=O)Oc1ccc(CCl)cc1. The Bertz CT molecular complexity index is 411. The van der Waals surface area contributed by atoms with Crippen molar-refractivity contribution in [2.75, 3.05) is 5.75 Å². The number of rotatable bonds is 6. The van der Waals surface area contributed by atoms with Crippen LogP contribution in [0, 0.1) is 0 Å². The number of hydrogen-bond donors (Lipinski definition) is 0. The summed E-state index contributed by atoms with van der Waals surface area (Å²) in [6.45, 7) is 1.94. The molecule has 90 valence electrons. The summed E-state index contributed by atoms with van der Waals surface area (Å²) in [4.78, 5) is 0. The van der Waals surface area contributed by atoms with E-state index in [1.54, 1.807) is 24.3 Å². The molecule has 1 aromatic carbocycles. The lowest BCUT2D eigenvalue weighted by molar-refractivity contribution is 0.483. The maximum absolute atomic E-state index is 11.5. The van der Waals surface area contributed by atoms with Crippen LogP contribution in [-0.2, 0) is 16.0 Å². The smallest absolute Gasteiger partial charge is 0.309 e. The normalized spacial score (nSPS) is 11.4. The van der Waals surface area contributed by atoms with Gasteiger partial charge in [0.1, 0.15) is 5.75 Å². The molecule has 0 aromatic heterocycles. The maximum Gasteiger partial charge on any atom is 0.309 e. The molecule has 0 saturated heterocycles. The quantitative estimate of drug-likeness (QED) is 0.585. The van der Waals surface area contributed by atoms with Crippen LogP contribution in [0.1, 0.15) is 25.3 Å². The minimum Gasteiger partial charge on any atom is -0.382 e. The van der Waals surface area contributed by atoms with Crippen molar-refractivity contribution in [2.45, 2.75) is 25.6 Å². The van der Waals surface area contributed by atoms with Crippen molar-refractivity contribution in [1.29, 1.82) is 0 Å². The Morgan fingerprint density at radius 2 is 1.88 bits per heavy atom. The zero-order valence-corrected chi connectivity index (χ0v) is 10.7. The van der Waals surface area contributed by atoms with Gasteiger partial charge < -0.3 is 4.18 Å². The van der Waals surface area contributed by atoms with Gasteiger partial charge in [-0.25, -0.2) is 0 Å². The Hall–Kier alpha value is -0.740. The highest BCUT2D eigenvalue weighted by atomic mass is 35.5. The molecular weight excluding hydrogens is 248 g/mol. The number of hydrogen-bond acceptors (Lipinski definition) is 3. The molecule has 1 rings (SSSR count). The molecule has 0 aliphatic heterocycles. The lowest BCUT2D eigenvalue weighted by Gasteiger charge is -2.06. The van der Waals surface area contributed by atoms with E-state index in [9.17, 15) is 8.42 Å². The summed E-state index contributed by atoms with van der Waals surface area (Å²) in [6.07, 6.45) is 1.44. The monoisotopic (exact) mass is 262 g/mol. The molecule has 0 N–H and O–H groups in total. The average molecular weight is 263 g/mol. The summed E-state index contributed by atoms with van der Waals surface area (Å²) in [7, 11) is -3.45. The van der Waals surface area contributed by atoms with Gasteiger partial charge in [-0.1, -0.05) is 25.5 Å². The van der Waals surface area contributed by atoms with E-state index >= 15 is 0 Å². The molecule has 0 aliphatic rings. The molecule has 16 heavy (non-hydrogen) atoms. The summed E-state index contributed by atoms with van der Waals surface area (Å²) in [6, 6.07) is 6.72. The number of halogens is 1.